The predicted octanol–water partition coefficient (Wildman–Crippen LogP) is 4.24. The number of pyridine rings is 1. The van der Waals surface area contributed by atoms with E-state index in [0.717, 1.165) is 18.3 Å². The van der Waals surface area contributed by atoms with E-state index >= 15 is 0 Å². The summed E-state index contributed by atoms with van der Waals surface area (Å²) in [5.41, 5.74) is 3.38. The fraction of sp³-hybridized carbons (Fsp3) is 0.316. The first kappa shape index (κ1) is 26.2. The van der Waals surface area contributed by atoms with E-state index in [1.807, 2.05) is 0 Å². The molecule has 0 unspecified atom stereocenters. The molecule has 1 heterocycles. The van der Waals surface area contributed by atoms with Gasteiger partial charge in [0.2, 0.25) is 0 Å². The smallest absolute Gasteiger partial charge is 0.471 e. The number of aliphatic carboxylic acids is 1. The summed E-state index contributed by atoms with van der Waals surface area (Å²) in [6.07, 6.45) is -7.24. The number of nitrogens with zero attached hydrogens (tertiary/aromatic N) is 1. The lowest BCUT2D eigenvalue weighted by atomic mass is 10.1. The number of aromatic nitrogens is 1. The van der Waals surface area contributed by atoms with Gasteiger partial charge in [-0.1, -0.05) is 11.6 Å². The number of carboxylic acids is 1. The summed E-state index contributed by atoms with van der Waals surface area (Å²) in [6, 6.07) is 5.76. The van der Waals surface area contributed by atoms with Crippen molar-refractivity contribution in [3.05, 3.63) is 52.8 Å². The summed E-state index contributed by atoms with van der Waals surface area (Å²) in [5, 5.41) is 12.2. The number of carbonyl (C=O) groups is 2. The van der Waals surface area contributed by atoms with E-state index in [4.69, 9.17) is 22.4 Å². The van der Waals surface area contributed by atoms with Gasteiger partial charge in [-0.25, -0.2) is 0 Å². The highest BCUT2D eigenvalue weighted by Gasteiger charge is 2.46. The number of rotatable bonds is 5. The quantitative estimate of drug-likeness (QED) is 0.458. The van der Waals surface area contributed by atoms with E-state index in [1.165, 1.54) is 18.2 Å². The highest BCUT2D eigenvalue weighted by atomic mass is 35.5. The van der Waals surface area contributed by atoms with Crippen LogP contribution in [0.2, 0.25) is 5.02 Å². The normalized spacial score (nSPS) is 14.5. The molecule has 7 nitrogen and oxygen atoms in total. The minimum Gasteiger partial charge on any atom is -0.480 e. The van der Waals surface area contributed by atoms with Crippen LogP contribution in [-0.2, 0) is 22.3 Å². The minimum absolute atomic E-state index is 0.0863. The number of carboxylic acid groups (broad SMARTS) is 1. The van der Waals surface area contributed by atoms with Gasteiger partial charge < -0.3 is 21.5 Å². The van der Waals surface area contributed by atoms with Crippen LogP contribution in [0.15, 0.2) is 36.5 Å². The van der Waals surface area contributed by atoms with Crippen LogP contribution in [0.25, 0.3) is 0 Å². The van der Waals surface area contributed by atoms with Crippen molar-refractivity contribution in [3.8, 4) is 0 Å². The zero-order chi connectivity index (χ0) is 25.0. The lowest BCUT2D eigenvalue weighted by molar-refractivity contribution is -0.173. The van der Waals surface area contributed by atoms with E-state index in [2.05, 4.69) is 10.3 Å². The number of nitrogens with one attached hydrogen (secondary N) is 2. The van der Waals surface area contributed by atoms with Crippen molar-refractivity contribution < 1.29 is 41.0 Å². The van der Waals surface area contributed by atoms with Crippen molar-refractivity contribution in [2.24, 2.45) is 5.73 Å². The fourth-order valence-electron chi connectivity index (χ4n) is 2.24. The van der Waals surface area contributed by atoms with E-state index < -0.39 is 41.9 Å². The highest BCUT2D eigenvalue weighted by Crippen LogP contribution is 2.37. The highest BCUT2D eigenvalue weighted by molar-refractivity contribution is 6.30. The van der Waals surface area contributed by atoms with Gasteiger partial charge in [0.05, 0.1) is 35.4 Å². The Morgan fingerprint density at radius 2 is 1.76 bits per heavy atom. The lowest BCUT2D eigenvalue weighted by Gasteiger charge is -2.15. The summed E-state index contributed by atoms with van der Waals surface area (Å²) in [7, 11) is 0. The molecule has 1 aliphatic rings. The van der Waals surface area contributed by atoms with Gasteiger partial charge >= 0.3 is 24.2 Å². The molecule has 3 rings (SSSR count). The second kappa shape index (κ2) is 9.83. The van der Waals surface area contributed by atoms with Crippen molar-refractivity contribution in [2.45, 2.75) is 37.3 Å². The van der Waals surface area contributed by atoms with Crippen LogP contribution in [0.4, 0.5) is 37.7 Å². The maximum absolute atomic E-state index is 13.0. The third-order valence-corrected chi connectivity index (χ3v) is 4.53. The van der Waals surface area contributed by atoms with Crippen LogP contribution in [0, 0.1) is 0 Å². The molecule has 0 radical (unpaired) electrons. The molecule has 1 aromatic carbocycles. The lowest BCUT2D eigenvalue weighted by Crippen LogP contribution is -2.36. The van der Waals surface area contributed by atoms with Gasteiger partial charge in [-0.2, -0.15) is 26.3 Å². The number of hydrogen-bond donors (Lipinski definition) is 4. The van der Waals surface area contributed by atoms with Gasteiger partial charge in [0.15, 0.2) is 0 Å². The summed E-state index contributed by atoms with van der Waals surface area (Å²) in [6.45, 7) is -0.479. The Morgan fingerprint density at radius 3 is 2.18 bits per heavy atom. The van der Waals surface area contributed by atoms with Crippen molar-refractivity contribution >= 4 is 34.9 Å². The van der Waals surface area contributed by atoms with Crippen molar-refractivity contribution in [1.82, 2.24) is 10.3 Å². The first-order valence-electron chi connectivity index (χ1n) is 9.08. The SMILES string of the molecule is NC1(C(=O)O)CC1.O=C(NCc1ccc(Nc2ccc(Cl)cc2C(F)(F)F)cn1)C(F)(F)F. The first-order chi connectivity index (χ1) is 15.1. The minimum atomic E-state index is -5.01. The molecule has 1 fully saturated rings. The summed E-state index contributed by atoms with van der Waals surface area (Å²) >= 11 is 5.58. The number of benzene rings is 1. The average molecular weight is 499 g/mol. The van der Waals surface area contributed by atoms with Crippen LogP contribution in [-0.4, -0.2) is 33.7 Å². The summed E-state index contributed by atoms with van der Waals surface area (Å²) < 4.78 is 75.3. The van der Waals surface area contributed by atoms with Crippen LogP contribution in [0.5, 0.6) is 0 Å². The van der Waals surface area contributed by atoms with Gasteiger partial charge in [-0.05, 0) is 43.2 Å². The molecule has 0 bridgehead atoms. The summed E-state index contributed by atoms with van der Waals surface area (Å²) in [4.78, 5) is 24.5. The molecule has 1 amide bonds. The molecule has 1 aromatic heterocycles. The molecule has 33 heavy (non-hydrogen) atoms. The topological polar surface area (TPSA) is 117 Å². The van der Waals surface area contributed by atoms with Gasteiger partial charge in [-0.15, -0.1) is 0 Å². The third kappa shape index (κ3) is 7.79. The third-order valence-electron chi connectivity index (χ3n) is 4.29. The van der Waals surface area contributed by atoms with Gasteiger partial charge in [0.1, 0.15) is 5.54 Å². The molecule has 0 aliphatic heterocycles. The van der Waals surface area contributed by atoms with Crippen LogP contribution in [0.3, 0.4) is 0 Å². The molecular weight excluding hydrogens is 482 g/mol. The Balaban J connectivity index is 0.000000468. The molecule has 180 valence electrons. The zero-order valence-corrected chi connectivity index (χ0v) is 17.3. The van der Waals surface area contributed by atoms with Crippen LogP contribution >= 0.6 is 11.6 Å². The van der Waals surface area contributed by atoms with Crippen LogP contribution in [0.1, 0.15) is 24.1 Å². The standard InChI is InChI=1S/C15H10ClF6N3O.C4H7NO2/c16-8-1-4-12(11(5-8)14(17,18)19)25-10-3-2-9(23-7-10)6-24-13(26)15(20,21)22;5-4(1-2-4)3(6)7/h1-5,7,25H,6H2,(H,24,26);1-2,5H2,(H,6,7). The first-order valence-corrected chi connectivity index (χ1v) is 9.45. The number of halogens is 7. The van der Waals surface area contributed by atoms with Crippen molar-refractivity contribution in [1.29, 1.82) is 0 Å². The number of alkyl halides is 6. The Morgan fingerprint density at radius 1 is 1.12 bits per heavy atom. The molecule has 1 saturated carbocycles. The van der Waals surface area contributed by atoms with Crippen molar-refractivity contribution in [2.75, 3.05) is 5.32 Å². The molecule has 14 heteroatoms. The monoisotopic (exact) mass is 498 g/mol. The number of carbonyl (C=O) groups excluding carboxylic acids is 1. The van der Waals surface area contributed by atoms with E-state index in [0.29, 0.717) is 12.8 Å². The Labute approximate surface area is 187 Å². The maximum Gasteiger partial charge on any atom is 0.471 e. The second-order valence-corrected chi connectivity index (χ2v) is 7.43. The molecule has 5 N–H and O–H groups in total. The number of nitrogens with two attached hydrogens (primary N) is 1. The molecule has 1 aliphatic carbocycles. The number of hydrogen-bond acceptors (Lipinski definition) is 5. The second-order valence-electron chi connectivity index (χ2n) is 6.99. The molecule has 0 spiro atoms. The Hall–Kier alpha value is -3.06. The van der Waals surface area contributed by atoms with Gasteiger partial charge in [0, 0.05) is 5.02 Å². The Kier molecular flexibility index (Phi) is 7.80. The zero-order valence-electron chi connectivity index (χ0n) is 16.5. The van der Waals surface area contributed by atoms with E-state index in [9.17, 15) is 35.9 Å². The Bertz CT molecular complexity index is 1010. The molecule has 0 saturated heterocycles. The largest absolute Gasteiger partial charge is 0.480 e. The number of amides is 1. The predicted molar refractivity (Wildman–Crippen MR) is 106 cm³/mol. The number of anilines is 2. The maximum atomic E-state index is 13.0. The average Bonchev–Trinajstić information content (AvgIpc) is 3.46. The van der Waals surface area contributed by atoms with Gasteiger partial charge in [0.25, 0.3) is 0 Å². The fourth-order valence-corrected chi connectivity index (χ4v) is 2.41. The molecule has 0 atom stereocenters. The molecular formula is C19H17ClF6N4O3. The summed E-state index contributed by atoms with van der Waals surface area (Å²) in [5.74, 6) is -2.98. The van der Waals surface area contributed by atoms with Gasteiger partial charge in [-0.3, -0.25) is 14.6 Å². The molecule has 2 aromatic rings. The van der Waals surface area contributed by atoms with E-state index in [-0.39, 0.29) is 22.1 Å². The van der Waals surface area contributed by atoms with Crippen LogP contribution < -0.4 is 16.4 Å². The van der Waals surface area contributed by atoms with E-state index in [1.54, 1.807) is 5.32 Å². The van der Waals surface area contributed by atoms with Crippen molar-refractivity contribution in [3.63, 3.8) is 0 Å².